The third-order valence-corrected chi connectivity index (χ3v) is 5.35. The molecule has 2 N–H and O–H groups in total. The Kier molecular flexibility index (Phi) is 4.67. The number of amides is 2. The van der Waals surface area contributed by atoms with Gasteiger partial charge < -0.3 is 4.90 Å². The standard InChI is InChI=1S/C17H25N7O/c25-17(23-10-4-5-13(11-23)15-8-9-19-21-15)20-16-18-12-24(22-16)14-6-2-1-3-7-14/h8-9,12-14H,1-7,10-11H2,(H,19,21)(H,20,22,25)/t13-/m1/s1. The molecule has 0 spiro atoms. The van der Waals surface area contributed by atoms with Gasteiger partial charge in [0.05, 0.1) is 6.04 Å². The number of aromatic nitrogens is 5. The Morgan fingerprint density at radius 3 is 2.88 bits per heavy atom. The number of H-pyrrole nitrogens is 1. The van der Waals surface area contributed by atoms with Gasteiger partial charge in [0.1, 0.15) is 6.33 Å². The number of nitrogens with one attached hydrogen (secondary N) is 2. The van der Waals surface area contributed by atoms with Crippen molar-refractivity contribution in [2.24, 2.45) is 0 Å². The van der Waals surface area contributed by atoms with Gasteiger partial charge >= 0.3 is 6.03 Å². The highest BCUT2D eigenvalue weighted by atomic mass is 16.2. The molecule has 2 amide bonds. The molecule has 1 saturated carbocycles. The van der Waals surface area contributed by atoms with Crippen LogP contribution in [-0.4, -0.2) is 49.0 Å². The number of carbonyl (C=O) groups excluding carboxylic acids is 1. The van der Waals surface area contributed by atoms with Crippen molar-refractivity contribution >= 4 is 12.0 Å². The molecule has 0 radical (unpaired) electrons. The molecule has 3 heterocycles. The molecular weight excluding hydrogens is 318 g/mol. The molecular formula is C17H25N7O. The average molecular weight is 343 g/mol. The maximum absolute atomic E-state index is 12.6. The summed E-state index contributed by atoms with van der Waals surface area (Å²) in [5.41, 5.74) is 1.09. The molecule has 8 heteroatoms. The lowest BCUT2D eigenvalue weighted by atomic mass is 9.95. The van der Waals surface area contributed by atoms with Gasteiger partial charge in [-0.05, 0) is 31.7 Å². The topological polar surface area (TPSA) is 91.7 Å². The lowest BCUT2D eigenvalue weighted by Gasteiger charge is -2.31. The highest BCUT2D eigenvalue weighted by molar-refractivity contribution is 5.87. The van der Waals surface area contributed by atoms with Crippen LogP contribution in [0.15, 0.2) is 18.6 Å². The number of hydrogen-bond acceptors (Lipinski definition) is 4. The highest BCUT2D eigenvalue weighted by Gasteiger charge is 2.26. The summed E-state index contributed by atoms with van der Waals surface area (Å²) >= 11 is 0. The predicted octanol–water partition coefficient (Wildman–Crippen LogP) is 2.92. The van der Waals surface area contributed by atoms with Gasteiger partial charge in [0, 0.05) is 30.9 Å². The Hall–Kier alpha value is -2.38. The molecule has 25 heavy (non-hydrogen) atoms. The monoisotopic (exact) mass is 343 g/mol. The second-order valence-electron chi connectivity index (χ2n) is 7.07. The Labute approximate surface area is 147 Å². The fourth-order valence-corrected chi connectivity index (χ4v) is 3.94. The zero-order chi connectivity index (χ0) is 17.1. The largest absolute Gasteiger partial charge is 0.324 e. The highest BCUT2D eigenvalue weighted by Crippen LogP contribution is 2.28. The molecule has 1 aliphatic carbocycles. The van der Waals surface area contributed by atoms with Crippen LogP contribution in [0.1, 0.15) is 62.6 Å². The molecule has 2 aromatic rings. The minimum Gasteiger partial charge on any atom is -0.324 e. The van der Waals surface area contributed by atoms with Gasteiger partial charge in [0.25, 0.3) is 0 Å². The zero-order valence-electron chi connectivity index (χ0n) is 14.4. The fourth-order valence-electron chi connectivity index (χ4n) is 3.94. The van der Waals surface area contributed by atoms with Gasteiger partial charge in [-0.25, -0.2) is 14.5 Å². The summed E-state index contributed by atoms with van der Waals surface area (Å²) < 4.78 is 1.92. The van der Waals surface area contributed by atoms with Crippen LogP contribution < -0.4 is 5.32 Å². The minimum absolute atomic E-state index is 0.120. The van der Waals surface area contributed by atoms with Crippen molar-refractivity contribution in [2.45, 2.75) is 56.9 Å². The first-order valence-corrected chi connectivity index (χ1v) is 9.26. The normalized spacial score (nSPS) is 22.1. The number of carbonyl (C=O) groups is 1. The van der Waals surface area contributed by atoms with Crippen molar-refractivity contribution < 1.29 is 4.79 Å². The molecule has 1 saturated heterocycles. The van der Waals surface area contributed by atoms with E-state index in [1.807, 2.05) is 15.6 Å². The lowest BCUT2D eigenvalue weighted by Crippen LogP contribution is -2.41. The summed E-state index contributed by atoms with van der Waals surface area (Å²) in [6, 6.07) is 2.29. The molecule has 1 atom stereocenters. The number of hydrogen-bond donors (Lipinski definition) is 2. The van der Waals surface area contributed by atoms with Crippen LogP contribution in [0.5, 0.6) is 0 Å². The van der Waals surface area contributed by atoms with Crippen LogP contribution in [0, 0.1) is 0 Å². The first-order chi connectivity index (χ1) is 12.3. The van der Waals surface area contributed by atoms with Crippen molar-refractivity contribution in [3.63, 3.8) is 0 Å². The van der Waals surface area contributed by atoms with Crippen LogP contribution >= 0.6 is 0 Å². The van der Waals surface area contributed by atoms with E-state index in [0.717, 1.165) is 37.9 Å². The van der Waals surface area contributed by atoms with Crippen molar-refractivity contribution in [1.82, 2.24) is 29.9 Å². The first kappa shape index (κ1) is 16.1. The fraction of sp³-hybridized carbons (Fsp3) is 0.647. The molecule has 0 unspecified atom stereocenters. The van der Waals surface area contributed by atoms with Crippen LogP contribution in [0.25, 0.3) is 0 Å². The Bertz CT molecular complexity index is 690. The first-order valence-electron chi connectivity index (χ1n) is 9.26. The van der Waals surface area contributed by atoms with Gasteiger partial charge in [0.2, 0.25) is 5.95 Å². The number of nitrogens with zero attached hydrogens (tertiary/aromatic N) is 5. The van der Waals surface area contributed by atoms with Crippen molar-refractivity contribution in [2.75, 3.05) is 18.4 Å². The predicted molar refractivity (Wildman–Crippen MR) is 93.3 cm³/mol. The number of rotatable bonds is 3. The summed E-state index contributed by atoms with van der Waals surface area (Å²) in [7, 11) is 0. The van der Waals surface area contributed by atoms with Crippen LogP contribution in [0.3, 0.4) is 0 Å². The summed E-state index contributed by atoms with van der Waals surface area (Å²) in [6.45, 7) is 1.46. The maximum Gasteiger partial charge on any atom is 0.324 e. The smallest absolute Gasteiger partial charge is 0.324 e. The molecule has 8 nitrogen and oxygen atoms in total. The molecule has 4 rings (SSSR count). The summed E-state index contributed by atoms with van der Waals surface area (Å²) in [4.78, 5) is 18.7. The zero-order valence-corrected chi connectivity index (χ0v) is 14.4. The van der Waals surface area contributed by atoms with Crippen molar-refractivity contribution in [3.05, 3.63) is 24.3 Å². The molecule has 2 aromatic heterocycles. The summed E-state index contributed by atoms with van der Waals surface area (Å²) in [5.74, 6) is 0.717. The van der Waals surface area contributed by atoms with Crippen LogP contribution in [0.4, 0.5) is 10.7 Å². The summed E-state index contributed by atoms with van der Waals surface area (Å²) in [6.07, 6.45) is 11.7. The number of urea groups is 1. The minimum atomic E-state index is -0.120. The van der Waals surface area contributed by atoms with Crippen molar-refractivity contribution in [3.8, 4) is 0 Å². The number of likely N-dealkylation sites (tertiary alicyclic amines) is 1. The lowest BCUT2D eigenvalue weighted by molar-refractivity contribution is 0.192. The van der Waals surface area contributed by atoms with Crippen molar-refractivity contribution in [1.29, 1.82) is 0 Å². The third-order valence-electron chi connectivity index (χ3n) is 5.35. The second kappa shape index (κ2) is 7.25. The number of anilines is 1. The maximum atomic E-state index is 12.6. The molecule has 2 fully saturated rings. The Morgan fingerprint density at radius 2 is 2.08 bits per heavy atom. The Balaban J connectivity index is 1.36. The molecule has 2 aliphatic rings. The average Bonchev–Trinajstić information content (AvgIpc) is 3.35. The van der Waals surface area contributed by atoms with Gasteiger partial charge in [0.15, 0.2) is 0 Å². The van der Waals surface area contributed by atoms with Crippen LogP contribution in [-0.2, 0) is 0 Å². The van der Waals surface area contributed by atoms with Gasteiger partial charge in [-0.15, -0.1) is 5.10 Å². The summed E-state index contributed by atoms with van der Waals surface area (Å²) in [5, 5.41) is 14.4. The second-order valence-corrected chi connectivity index (χ2v) is 7.07. The van der Waals surface area contributed by atoms with E-state index >= 15 is 0 Å². The van der Waals surface area contributed by atoms with E-state index in [1.54, 1.807) is 12.5 Å². The third kappa shape index (κ3) is 3.67. The van der Waals surface area contributed by atoms with E-state index in [4.69, 9.17) is 0 Å². The SMILES string of the molecule is O=C(Nc1ncn(C2CCCCC2)n1)N1CCC[C@@H](c2ccn[nH]2)C1. The van der Waals surface area contributed by atoms with E-state index in [1.165, 1.54) is 19.3 Å². The van der Waals surface area contributed by atoms with E-state index in [0.29, 0.717) is 24.5 Å². The van der Waals surface area contributed by atoms with E-state index in [2.05, 4.69) is 25.6 Å². The van der Waals surface area contributed by atoms with E-state index in [9.17, 15) is 4.79 Å². The Morgan fingerprint density at radius 1 is 1.20 bits per heavy atom. The molecule has 1 aliphatic heterocycles. The number of aromatic amines is 1. The molecule has 134 valence electrons. The molecule has 0 bridgehead atoms. The van der Waals surface area contributed by atoms with Gasteiger partial charge in [-0.2, -0.15) is 5.10 Å². The van der Waals surface area contributed by atoms with E-state index in [-0.39, 0.29) is 6.03 Å². The van der Waals surface area contributed by atoms with E-state index < -0.39 is 0 Å². The van der Waals surface area contributed by atoms with Gasteiger partial charge in [-0.1, -0.05) is 19.3 Å². The van der Waals surface area contributed by atoms with Crippen LogP contribution in [0.2, 0.25) is 0 Å². The molecule has 0 aromatic carbocycles. The quantitative estimate of drug-likeness (QED) is 0.896. The number of piperidine rings is 1. The van der Waals surface area contributed by atoms with Gasteiger partial charge in [-0.3, -0.25) is 10.4 Å².